The molecule has 6 heteroatoms. The van der Waals surface area contributed by atoms with Crippen LogP contribution >= 0.6 is 11.3 Å². The molecular weight excluding hydrogens is 356 g/mol. The van der Waals surface area contributed by atoms with Crippen LogP contribution in [-0.2, 0) is 11.2 Å². The Kier molecular flexibility index (Phi) is 5.34. The molecular formula is C21H22N4OS. The minimum atomic E-state index is 0.0432. The van der Waals surface area contributed by atoms with Crippen molar-refractivity contribution in [3.8, 4) is 0 Å². The third-order valence-corrected chi connectivity index (χ3v) is 5.35. The Balaban J connectivity index is 1.28. The molecule has 2 N–H and O–H groups in total. The van der Waals surface area contributed by atoms with Gasteiger partial charge in [-0.05, 0) is 53.1 Å². The van der Waals surface area contributed by atoms with Crippen molar-refractivity contribution < 1.29 is 4.79 Å². The SMILES string of the molecule is O=C(C[C@@H](c1ccsc1)n1cccc1)NCCCc1nc2ccccc2[nH]1. The van der Waals surface area contributed by atoms with Crippen LogP contribution in [0.2, 0.25) is 0 Å². The summed E-state index contributed by atoms with van der Waals surface area (Å²) < 4.78 is 2.09. The molecule has 0 aliphatic rings. The maximum Gasteiger partial charge on any atom is 0.222 e. The van der Waals surface area contributed by atoms with Crippen LogP contribution < -0.4 is 5.32 Å². The monoisotopic (exact) mass is 378 g/mol. The average Bonchev–Trinajstić information content (AvgIpc) is 3.44. The van der Waals surface area contributed by atoms with Gasteiger partial charge in [0.15, 0.2) is 0 Å². The van der Waals surface area contributed by atoms with Crippen molar-refractivity contribution in [2.45, 2.75) is 25.3 Å². The van der Waals surface area contributed by atoms with E-state index in [-0.39, 0.29) is 11.9 Å². The molecule has 0 bridgehead atoms. The minimum absolute atomic E-state index is 0.0432. The first-order valence-electron chi connectivity index (χ1n) is 9.14. The number of carbonyl (C=O) groups excluding carboxylic acids is 1. The van der Waals surface area contributed by atoms with E-state index in [0.717, 1.165) is 29.7 Å². The number of nitrogens with one attached hydrogen (secondary N) is 2. The molecule has 0 saturated carbocycles. The molecule has 27 heavy (non-hydrogen) atoms. The Morgan fingerprint density at radius 1 is 1.19 bits per heavy atom. The molecule has 0 fully saturated rings. The van der Waals surface area contributed by atoms with Crippen molar-refractivity contribution >= 4 is 28.3 Å². The Labute approximate surface area is 162 Å². The topological polar surface area (TPSA) is 62.7 Å². The van der Waals surface area contributed by atoms with Gasteiger partial charge in [0.25, 0.3) is 0 Å². The summed E-state index contributed by atoms with van der Waals surface area (Å²) in [6, 6.07) is 14.1. The zero-order valence-electron chi connectivity index (χ0n) is 15.0. The van der Waals surface area contributed by atoms with Gasteiger partial charge in [0.2, 0.25) is 5.91 Å². The number of imidazole rings is 1. The highest BCUT2D eigenvalue weighted by molar-refractivity contribution is 7.08. The number of fused-ring (bicyclic) bond motifs is 1. The third kappa shape index (κ3) is 4.28. The lowest BCUT2D eigenvalue weighted by atomic mass is 10.1. The summed E-state index contributed by atoms with van der Waals surface area (Å²) in [5.74, 6) is 1.04. The second kappa shape index (κ2) is 8.22. The van der Waals surface area contributed by atoms with Crippen molar-refractivity contribution in [3.05, 3.63) is 77.0 Å². The van der Waals surface area contributed by atoms with Gasteiger partial charge >= 0.3 is 0 Å². The fourth-order valence-electron chi connectivity index (χ4n) is 3.27. The molecule has 0 aliphatic heterocycles. The summed E-state index contributed by atoms with van der Waals surface area (Å²) in [7, 11) is 0. The molecule has 1 atom stereocenters. The third-order valence-electron chi connectivity index (χ3n) is 4.65. The van der Waals surface area contributed by atoms with Crippen LogP contribution in [0.4, 0.5) is 0 Å². The Morgan fingerprint density at radius 3 is 2.81 bits per heavy atom. The first-order valence-corrected chi connectivity index (χ1v) is 10.1. The standard InChI is InChI=1S/C21H22N4OS/c26-21(14-19(16-9-13-27-15-16)25-11-3-4-12-25)22-10-5-8-20-23-17-6-1-2-7-18(17)24-20/h1-4,6-7,9,11-13,15,19H,5,8,10,14H2,(H,22,26)(H,23,24)/t19-/m0/s1. The molecule has 0 radical (unpaired) electrons. The number of carbonyl (C=O) groups is 1. The number of para-hydroxylation sites is 2. The average molecular weight is 379 g/mol. The fourth-order valence-corrected chi connectivity index (χ4v) is 3.98. The highest BCUT2D eigenvalue weighted by Crippen LogP contribution is 2.24. The summed E-state index contributed by atoms with van der Waals surface area (Å²) in [5, 5.41) is 7.21. The molecule has 1 aromatic carbocycles. The van der Waals surface area contributed by atoms with Crippen LogP contribution in [-0.4, -0.2) is 27.0 Å². The summed E-state index contributed by atoms with van der Waals surface area (Å²) in [6.45, 7) is 0.651. The molecule has 4 rings (SSSR count). The lowest BCUT2D eigenvalue weighted by molar-refractivity contribution is -0.121. The van der Waals surface area contributed by atoms with Crippen LogP contribution in [0.1, 0.15) is 30.3 Å². The molecule has 5 nitrogen and oxygen atoms in total. The zero-order chi connectivity index (χ0) is 18.5. The summed E-state index contributed by atoms with van der Waals surface area (Å²) in [5.41, 5.74) is 3.22. The predicted molar refractivity (Wildman–Crippen MR) is 109 cm³/mol. The molecule has 0 aliphatic carbocycles. The van der Waals surface area contributed by atoms with Gasteiger partial charge < -0.3 is 14.9 Å². The van der Waals surface area contributed by atoms with Crippen LogP contribution in [0.25, 0.3) is 11.0 Å². The van der Waals surface area contributed by atoms with Crippen molar-refractivity contribution in [3.63, 3.8) is 0 Å². The van der Waals surface area contributed by atoms with Gasteiger partial charge in [-0.1, -0.05) is 12.1 Å². The number of aryl methyl sites for hydroxylation is 1. The maximum atomic E-state index is 12.5. The number of hydrogen-bond donors (Lipinski definition) is 2. The van der Waals surface area contributed by atoms with Crippen molar-refractivity contribution in [1.29, 1.82) is 0 Å². The highest BCUT2D eigenvalue weighted by atomic mass is 32.1. The zero-order valence-corrected chi connectivity index (χ0v) is 15.8. The number of benzene rings is 1. The van der Waals surface area contributed by atoms with Crippen molar-refractivity contribution in [2.75, 3.05) is 6.54 Å². The van der Waals surface area contributed by atoms with Gasteiger partial charge in [0, 0.05) is 25.4 Å². The summed E-state index contributed by atoms with van der Waals surface area (Å²) in [4.78, 5) is 20.4. The summed E-state index contributed by atoms with van der Waals surface area (Å²) in [6.07, 6.45) is 6.14. The van der Waals surface area contributed by atoms with Gasteiger partial charge in [0.1, 0.15) is 5.82 Å². The molecule has 3 heterocycles. The minimum Gasteiger partial charge on any atom is -0.356 e. The number of rotatable bonds is 8. The quantitative estimate of drug-likeness (QED) is 0.452. The molecule has 0 saturated heterocycles. The molecule has 0 unspecified atom stereocenters. The lowest BCUT2D eigenvalue weighted by Gasteiger charge is -2.18. The number of aromatic nitrogens is 3. The van der Waals surface area contributed by atoms with E-state index in [2.05, 4.69) is 36.7 Å². The van der Waals surface area contributed by atoms with E-state index < -0.39 is 0 Å². The normalized spacial score (nSPS) is 12.3. The molecule has 0 spiro atoms. The number of H-pyrrole nitrogens is 1. The van der Waals surface area contributed by atoms with Gasteiger partial charge in [-0.25, -0.2) is 4.98 Å². The highest BCUT2D eigenvalue weighted by Gasteiger charge is 2.17. The van der Waals surface area contributed by atoms with E-state index in [1.165, 1.54) is 5.56 Å². The van der Waals surface area contributed by atoms with E-state index >= 15 is 0 Å². The number of thiophene rings is 1. The molecule has 138 valence electrons. The van der Waals surface area contributed by atoms with Gasteiger partial charge in [-0.3, -0.25) is 4.79 Å². The van der Waals surface area contributed by atoms with Crippen LogP contribution in [0.15, 0.2) is 65.6 Å². The van der Waals surface area contributed by atoms with Crippen LogP contribution in [0, 0.1) is 0 Å². The van der Waals surface area contributed by atoms with Gasteiger partial charge in [-0.15, -0.1) is 0 Å². The Hall–Kier alpha value is -2.86. The van der Waals surface area contributed by atoms with Crippen molar-refractivity contribution in [2.24, 2.45) is 0 Å². The van der Waals surface area contributed by atoms with E-state index in [4.69, 9.17) is 0 Å². The van der Waals surface area contributed by atoms with E-state index in [1.807, 2.05) is 48.8 Å². The number of hydrogen-bond acceptors (Lipinski definition) is 3. The van der Waals surface area contributed by atoms with Crippen LogP contribution in [0.5, 0.6) is 0 Å². The fraction of sp³-hybridized carbons (Fsp3) is 0.238. The van der Waals surface area contributed by atoms with Crippen molar-refractivity contribution in [1.82, 2.24) is 19.9 Å². The molecule has 1 amide bonds. The number of nitrogens with zero attached hydrogens (tertiary/aromatic N) is 2. The summed E-state index contributed by atoms with van der Waals surface area (Å²) >= 11 is 1.66. The van der Waals surface area contributed by atoms with E-state index in [1.54, 1.807) is 11.3 Å². The number of amides is 1. The number of aromatic amines is 1. The first kappa shape index (κ1) is 17.5. The van der Waals surface area contributed by atoms with Gasteiger partial charge in [0.05, 0.1) is 23.5 Å². The molecule has 3 aromatic heterocycles. The maximum absolute atomic E-state index is 12.5. The first-order chi connectivity index (χ1) is 13.3. The lowest BCUT2D eigenvalue weighted by Crippen LogP contribution is -2.27. The largest absolute Gasteiger partial charge is 0.356 e. The van der Waals surface area contributed by atoms with E-state index in [0.29, 0.717) is 13.0 Å². The Morgan fingerprint density at radius 2 is 2.04 bits per heavy atom. The molecule has 4 aromatic rings. The second-order valence-corrected chi connectivity index (χ2v) is 7.34. The predicted octanol–water partition coefficient (Wildman–Crippen LogP) is 4.15. The second-order valence-electron chi connectivity index (χ2n) is 6.56. The Bertz CT molecular complexity index is 921. The van der Waals surface area contributed by atoms with E-state index in [9.17, 15) is 4.79 Å². The van der Waals surface area contributed by atoms with Gasteiger partial charge in [-0.2, -0.15) is 11.3 Å². The smallest absolute Gasteiger partial charge is 0.222 e. The van der Waals surface area contributed by atoms with Crippen LogP contribution in [0.3, 0.4) is 0 Å².